The molecule has 0 aromatic heterocycles. The van der Waals surface area contributed by atoms with E-state index in [2.05, 4.69) is 5.32 Å². The van der Waals surface area contributed by atoms with Crippen molar-refractivity contribution < 1.29 is 9.59 Å². The van der Waals surface area contributed by atoms with E-state index in [0.717, 1.165) is 0 Å². The van der Waals surface area contributed by atoms with E-state index in [-0.39, 0.29) is 11.6 Å². The normalized spacial score (nSPS) is 10.7. The lowest BCUT2D eigenvalue weighted by Gasteiger charge is -2.09. The molecule has 3 aromatic rings. The van der Waals surface area contributed by atoms with Gasteiger partial charge in [-0.05, 0) is 42.5 Å². The molecule has 3 rings (SSSR count). The number of allylic oxidation sites excluding steroid dienone is 1. The molecular formula is C22H15Cl2NO2. The number of nitrogens with one attached hydrogen (secondary N) is 1. The van der Waals surface area contributed by atoms with E-state index < -0.39 is 0 Å². The number of halogens is 2. The van der Waals surface area contributed by atoms with E-state index in [4.69, 9.17) is 23.2 Å². The van der Waals surface area contributed by atoms with Gasteiger partial charge in [0.25, 0.3) is 0 Å². The van der Waals surface area contributed by atoms with Crippen LogP contribution in [0.25, 0.3) is 0 Å². The van der Waals surface area contributed by atoms with Gasteiger partial charge in [-0.15, -0.1) is 0 Å². The van der Waals surface area contributed by atoms with Crippen LogP contribution >= 0.6 is 23.2 Å². The average Bonchev–Trinajstić information content (AvgIpc) is 2.69. The zero-order valence-corrected chi connectivity index (χ0v) is 15.7. The molecule has 0 radical (unpaired) electrons. The predicted octanol–water partition coefficient (Wildman–Crippen LogP) is 6.03. The maximum Gasteiger partial charge on any atom is 0.195 e. The number of carbonyl (C=O) groups is 2. The minimum atomic E-state index is -0.183. The SMILES string of the molecule is O=C(C=CNc1cc(Cl)ccc1C(=O)c1ccccc1)c1ccc(Cl)cc1. The number of ketones is 2. The molecule has 0 bridgehead atoms. The molecule has 0 aliphatic rings. The number of anilines is 1. The molecule has 0 spiro atoms. The van der Waals surface area contributed by atoms with Crippen molar-refractivity contribution in [3.05, 3.63) is 112 Å². The Morgan fingerprint density at radius 2 is 1.44 bits per heavy atom. The molecular weight excluding hydrogens is 381 g/mol. The summed E-state index contributed by atoms with van der Waals surface area (Å²) in [4.78, 5) is 24.9. The third-order valence-corrected chi connectivity index (χ3v) is 4.35. The number of hydrogen-bond acceptors (Lipinski definition) is 3. The van der Waals surface area contributed by atoms with Crippen LogP contribution in [-0.4, -0.2) is 11.6 Å². The first kappa shape index (κ1) is 18.9. The fourth-order valence-corrected chi connectivity index (χ4v) is 2.79. The first-order chi connectivity index (χ1) is 13.0. The van der Waals surface area contributed by atoms with Gasteiger partial charge in [0.05, 0.1) is 5.69 Å². The number of benzene rings is 3. The van der Waals surface area contributed by atoms with Gasteiger partial charge in [0.1, 0.15) is 0 Å². The van der Waals surface area contributed by atoms with Gasteiger partial charge in [-0.25, -0.2) is 0 Å². The molecule has 0 saturated heterocycles. The Kier molecular flexibility index (Phi) is 6.07. The van der Waals surface area contributed by atoms with Gasteiger partial charge in [-0.3, -0.25) is 9.59 Å². The van der Waals surface area contributed by atoms with Gasteiger partial charge in [0.2, 0.25) is 0 Å². The Bertz CT molecular complexity index is 997. The first-order valence-electron chi connectivity index (χ1n) is 8.17. The lowest BCUT2D eigenvalue weighted by atomic mass is 10.0. The van der Waals surface area contributed by atoms with E-state index in [1.165, 1.54) is 12.3 Å². The summed E-state index contributed by atoms with van der Waals surface area (Å²) in [5.74, 6) is -0.315. The zero-order chi connectivity index (χ0) is 19.2. The van der Waals surface area contributed by atoms with Crippen molar-refractivity contribution in [1.82, 2.24) is 0 Å². The number of hydrogen-bond donors (Lipinski definition) is 1. The van der Waals surface area contributed by atoms with Crippen molar-refractivity contribution >= 4 is 40.5 Å². The molecule has 3 aromatic carbocycles. The van der Waals surface area contributed by atoms with Crippen LogP contribution in [0.3, 0.4) is 0 Å². The van der Waals surface area contributed by atoms with Gasteiger partial charge in [-0.2, -0.15) is 0 Å². The fraction of sp³-hybridized carbons (Fsp3) is 0. The summed E-state index contributed by atoms with van der Waals surface area (Å²) in [6.45, 7) is 0. The summed E-state index contributed by atoms with van der Waals surface area (Å²) in [5, 5.41) is 4.04. The monoisotopic (exact) mass is 395 g/mol. The summed E-state index contributed by atoms with van der Waals surface area (Å²) >= 11 is 11.9. The molecule has 0 aliphatic heterocycles. The molecule has 3 nitrogen and oxygen atoms in total. The lowest BCUT2D eigenvalue weighted by Crippen LogP contribution is -2.05. The highest BCUT2D eigenvalue weighted by atomic mass is 35.5. The highest BCUT2D eigenvalue weighted by molar-refractivity contribution is 6.31. The van der Waals surface area contributed by atoms with Crippen LogP contribution in [0.2, 0.25) is 10.0 Å². The number of carbonyl (C=O) groups excluding carboxylic acids is 2. The van der Waals surface area contributed by atoms with Crippen LogP contribution in [0.5, 0.6) is 0 Å². The lowest BCUT2D eigenvalue weighted by molar-refractivity contribution is 0.103. The molecule has 0 heterocycles. The summed E-state index contributed by atoms with van der Waals surface area (Å²) in [6.07, 6.45) is 2.88. The van der Waals surface area contributed by atoms with Crippen LogP contribution < -0.4 is 5.32 Å². The van der Waals surface area contributed by atoms with Crippen molar-refractivity contribution in [2.45, 2.75) is 0 Å². The second-order valence-corrected chi connectivity index (χ2v) is 6.61. The summed E-state index contributed by atoms with van der Waals surface area (Å²) in [7, 11) is 0. The standard InChI is InChI=1S/C22H15Cl2NO2/c23-17-8-6-15(7-9-17)21(26)12-13-25-20-14-18(24)10-11-19(20)22(27)16-4-2-1-3-5-16/h1-14,25H. The Labute approximate surface area is 167 Å². The topological polar surface area (TPSA) is 46.2 Å². The van der Waals surface area contributed by atoms with Gasteiger partial charge >= 0.3 is 0 Å². The zero-order valence-electron chi connectivity index (χ0n) is 14.2. The molecule has 134 valence electrons. The van der Waals surface area contributed by atoms with E-state index >= 15 is 0 Å². The van der Waals surface area contributed by atoms with Crippen LogP contribution in [0.1, 0.15) is 26.3 Å². The Morgan fingerprint density at radius 1 is 0.778 bits per heavy atom. The first-order valence-corrected chi connectivity index (χ1v) is 8.92. The minimum Gasteiger partial charge on any atom is -0.361 e. The predicted molar refractivity (Wildman–Crippen MR) is 110 cm³/mol. The fourth-order valence-electron chi connectivity index (χ4n) is 2.50. The quantitative estimate of drug-likeness (QED) is 0.409. The molecule has 0 fully saturated rings. The largest absolute Gasteiger partial charge is 0.361 e. The molecule has 0 atom stereocenters. The van der Waals surface area contributed by atoms with Crippen molar-refractivity contribution in [3.63, 3.8) is 0 Å². The summed E-state index contributed by atoms with van der Waals surface area (Å²) in [5.41, 5.74) is 2.08. The van der Waals surface area contributed by atoms with E-state index in [9.17, 15) is 9.59 Å². The maximum absolute atomic E-state index is 12.7. The summed E-state index contributed by atoms with van der Waals surface area (Å²) < 4.78 is 0. The molecule has 5 heteroatoms. The smallest absolute Gasteiger partial charge is 0.195 e. The second kappa shape index (κ2) is 8.67. The van der Waals surface area contributed by atoms with Crippen molar-refractivity contribution in [3.8, 4) is 0 Å². The van der Waals surface area contributed by atoms with Crippen LogP contribution in [0, 0.1) is 0 Å². The molecule has 0 unspecified atom stereocenters. The van der Waals surface area contributed by atoms with Crippen LogP contribution in [0.4, 0.5) is 5.69 Å². The van der Waals surface area contributed by atoms with Gasteiger partial charge in [0, 0.05) is 39.0 Å². The average molecular weight is 396 g/mol. The van der Waals surface area contributed by atoms with Crippen molar-refractivity contribution in [2.24, 2.45) is 0 Å². The maximum atomic E-state index is 12.7. The molecule has 0 aliphatic carbocycles. The molecule has 0 amide bonds. The highest BCUT2D eigenvalue weighted by Gasteiger charge is 2.13. The number of rotatable bonds is 6. The third kappa shape index (κ3) is 4.85. The van der Waals surface area contributed by atoms with Gasteiger partial charge in [-0.1, -0.05) is 53.5 Å². The van der Waals surface area contributed by atoms with E-state index in [1.54, 1.807) is 66.7 Å². The van der Waals surface area contributed by atoms with Crippen molar-refractivity contribution in [2.75, 3.05) is 5.32 Å². The second-order valence-electron chi connectivity index (χ2n) is 5.73. The Balaban J connectivity index is 1.80. The molecule has 1 N–H and O–H groups in total. The van der Waals surface area contributed by atoms with Crippen LogP contribution in [0.15, 0.2) is 85.1 Å². The molecule has 0 saturated carbocycles. The summed E-state index contributed by atoms with van der Waals surface area (Å²) in [6, 6.07) is 20.5. The minimum absolute atomic E-state index is 0.132. The third-order valence-electron chi connectivity index (χ3n) is 3.86. The Morgan fingerprint density at radius 3 is 2.15 bits per heavy atom. The molecule has 27 heavy (non-hydrogen) atoms. The van der Waals surface area contributed by atoms with Gasteiger partial charge in [0.15, 0.2) is 11.6 Å². The van der Waals surface area contributed by atoms with E-state index in [1.807, 2.05) is 6.07 Å². The Hall–Kier alpha value is -2.88. The van der Waals surface area contributed by atoms with Gasteiger partial charge < -0.3 is 5.32 Å². The van der Waals surface area contributed by atoms with Crippen LogP contribution in [-0.2, 0) is 0 Å². The highest BCUT2D eigenvalue weighted by Crippen LogP contribution is 2.24. The van der Waals surface area contributed by atoms with Crippen molar-refractivity contribution in [1.29, 1.82) is 0 Å². The van der Waals surface area contributed by atoms with E-state index in [0.29, 0.717) is 32.4 Å².